The summed E-state index contributed by atoms with van der Waals surface area (Å²) in [7, 11) is 0. The van der Waals surface area contributed by atoms with E-state index in [1.165, 1.54) is 0 Å². The molecule has 1 unspecified atom stereocenters. The van der Waals surface area contributed by atoms with Crippen LogP contribution in [0.2, 0.25) is 0 Å². The van der Waals surface area contributed by atoms with Gasteiger partial charge >= 0.3 is 0 Å². The van der Waals surface area contributed by atoms with Crippen LogP contribution in [0.5, 0.6) is 5.75 Å². The Morgan fingerprint density at radius 2 is 2.07 bits per heavy atom. The van der Waals surface area contributed by atoms with Crippen LogP contribution < -0.4 is 4.74 Å². The summed E-state index contributed by atoms with van der Waals surface area (Å²) in [5, 5.41) is 8.48. The molecule has 0 aliphatic rings. The van der Waals surface area contributed by atoms with Crippen LogP contribution in [0.25, 0.3) is 0 Å². The highest BCUT2D eigenvalue weighted by Gasteiger charge is 2.00. The van der Waals surface area contributed by atoms with Crippen LogP contribution in [0.15, 0.2) is 24.3 Å². The van der Waals surface area contributed by atoms with Crippen LogP contribution in [-0.2, 0) is 4.74 Å². The first-order valence-corrected chi connectivity index (χ1v) is 4.93. The van der Waals surface area contributed by atoms with E-state index in [-0.39, 0.29) is 6.10 Å². The summed E-state index contributed by atoms with van der Waals surface area (Å²) in [6.07, 6.45) is -0.370. The molecular formula is C12H15NO2. The molecule has 0 heterocycles. The van der Waals surface area contributed by atoms with Crippen LogP contribution in [-0.4, -0.2) is 19.3 Å². The lowest BCUT2D eigenvalue weighted by Gasteiger charge is -2.09. The molecule has 0 aliphatic carbocycles. The highest BCUT2D eigenvalue weighted by atomic mass is 16.5. The van der Waals surface area contributed by atoms with Crippen molar-refractivity contribution in [2.24, 2.45) is 0 Å². The maximum atomic E-state index is 8.48. The van der Waals surface area contributed by atoms with Crippen molar-refractivity contribution in [1.82, 2.24) is 0 Å². The topological polar surface area (TPSA) is 42.2 Å². The highest BCUT2D eigenvalue weighted by Crippen LogP contribution is 2.15. The fourth-order valence-corrected chi connectivity index (χ4v) is 1.13. The Balaban J connectivity index is 2.27. The zero-order chi connectivity index (χ0) is 11.1. The minimum absolute atomic E-state index is 0.370. The smallest absolute Gasteiger partial charge is 0.141 e. The number of ether oxygens (including phenoxy) is 2. The standard InChI is InChI=1S/C12H15NO2/c1-10-5-3-4-6-12(10)15-8-7-14-11(2)9-13/h3-6,11H,7-8H2,1-2H3. The third kappa shape index (κ3) is 4.01. The molecule has 1 atom stereocenters. The van der Waals surface area contributed by atoms with E-state index in [0.29, 0.717) is 13.2 Å². The van der Waals surface area contributed by atoms with Gasteiger partial charge in [-0.15, -0.1) is 0 Å². The summed E-state index contributed by atoms with van der Waals surface area (Å²) in [5.41, 5.74) is 1.10. The van der Waals surface area contributed by atoms with Crippen LogP contribution in [0, 0.1) is 18.3 Å². The van der Waals surface area contributed by atoms with Crippen molar-refractivity contribution >= 4 is 0 Å². The Hall–Kier alpha value is -1.53. The monoisotopic (exact) mass is 205 g/mol. The van der Waals surface area contributed by atoms with Crippen molar-refractivity contribution in [2.45, 2.75) is 20.0 Å². The molecule has 0 saturated carbocycles. The molecule has 1 aromatic carbocycles. The van der Waals surface area contributed by atoms with E-state index in [4.69, 9.17) is 14.7 Å². The van der Waals surface area contributed by atoms with Crippen molar-refractivity contribution < 1.29 is 9.47 Å². The third-order valence-corrected chi connectivity index (χ3v) is 1.98. The Morgan fingerprint density at radius 1 is 1.33 bits per heavy atom. The Labute approximate surface area is 90.2 Å². The second-order valence-corrected chi connectivity index (χ2v) is 3.26. The van der Waals surface area contributed by atoms with E-state index in [0.717, 1.165) is 11.3 Å². The number of rotatable bonds is 5. The molecular weight excluding hydrogens is 190 g/mol. The zero-order valence-corrected chi connectivity index (χ0v) is 9.06. The molecule has 15 heavy (non-hydrogen) atoms. The second kappa shape index (κ2) is 6.05. The summed E-state index contributed by atoms with van der Waals surface area (Å²) in [6.45, 7) is 4.61. The number of nitriles is 1. The van der Waals surface area contributed by atoms with E-state index in [2.05, 4.69) is 0 Å². The van der Waals surface area contributed by atoms with Gasteiger partial charge in [-0.25, -0.2) is 0 Å². The first-order chi connectivity index (χ1) is 7.24. The van der Waals surface area contributed by atoms with Crippen LogP contribution in [0.3, 0.4) is 0 Å². The van der Waals surface area contributed by atoms with E-state index in [1.54, 1.807) is 6.92 Å². The summed E-state index contributed by atoms with van der Waals surface area (Å²) in [6, 6.07) is 9.81. The zero-order valence-electron chi connectivity index (χ0n) is 9.06. The van der Waals surface area contributed by atoms with Crippen LogP contribution in [0.1, 0.15) is 12.5 Å². The molecule has 0 fully saturated rings. The van der Waals surface area contributed by atoms with Crippen molar-refractivity contribution in [3.63, 3.8) is 0 Å². The van der Waals surface area contributed by atoms with Gasteiger partial charge in [-0.2, -0.15) is 5.26 Å². The molecule has 0 amide bonds. The van der Waals surface area contributed by atoms with Gasteiger partial charge in [-0.3, -0.25) is 0 Å². The number of nitrogens with zero attached hydrogens (tertiary/aromatic N) is 1. The molecule has 0 bridgehead atoms. The molecule has 1 aromatic rings. The van der Waals surface area contributed by atoms with Gasteiger partial charge in [0.15, 0.2) is 0 Å². The van der Waals surface area contributed by atoms with Gasteiger partial charge in [0.1, 0.15) is 18.5 Å². The first kappa shape index (κ1) is 11.5. The lowest BCUT2D eigenvalue weighted by molar-refractivity contribution is 0.0742. The Morgan fingerprint density at radius 3 is 2.73 bits per heavy atom. The maximum absolute atomic E-state index is 8.48. The third-order valence-electron chi connectivity index (χ3n) is 1.98. The van der Waals surface area contributed by atoms with E-state index in [9.17, 15) is 0 Å². The molecule has 0 aliphatic heterocycles. The number of aryl methyl sites for hydroxylation is 1. The molecule has 0 aromatic heterocycles. The number of hydrogen-bond donors (Lipinski definition) is 0. The summed E-state index contributed by atoms with van der Waals surface area (Å²) < 4.78 is 10.7. The first-order valence-electron chi connectivity index (χ1n) is 4.93. The second-order valence-electron chi connectivity index (χ2n) is 3.26. The number of para-hydroxylation sites is 1. The SMILES string of the molecule is Cc1ccccc1OCCOC(C)C#N. The van der Waals surface area contributed by atoms with Crippen molar-refractivity contribution in [1.29, 1.82) is 5.26 Å². The van der Waals surface area contributed by atoms with E-state index < -0.39 is 0 Å². The van der Waals surface area contributed by atoms with Gasteiger partial charge in [0.05, 0.1) is 12.7 Å². The van der Waals surface area contributed by atoms with Crippen molar-refractivity contribution in [3.8, 4) is 11.8 Å². The lowest BCUT2D eigenvalue weighted by atomic mass is 10.2. The number of hydrogen-bond acceptors (Lipinski definition) is 3. The lowest BCUT2D eigenvalue weighted by Crippen LogP contribution is -2.12. The van der Waals surface area contributed by atoms with Crippen molar-refractivity contribution in [3.05, 3.63) is 29.8 Å². The molecule has 80 valence electrons. The van der Waals surface area contributed by atoms with E-state index in [1.807, 2.05) is 37.3 Å². The van der Waals surface area contributed by atoms with Gasteiger partial charge in [0.25, 0.3) is 0 Å². The molecule has 0 radical (unpaired) electrons. The predicted octanol–water partition coefficient (Wildman–Crippen LogP) is 2.30. The Kier molecular flexibility index (Phi) is 4.65. The average Bonchev–Trinajstić information content (AvgIpc) is 2.26. The number of benzene rings is 1. The maximum Gasteiger partial charge on any atom is 0.141 e. The Bertz CT molecular complexity index is 344. The summed E-state index contributed by atoms with van der Waals surface area (Å²) in [4.78, 5) is 0. The molecule has 0 spiro atoms. The van der Waals surface area contributed by atoms with Gasteiger partial charge in [0, 0.05) is 0 Å². The van der Waals surface area contributed by atoms with Gasteiger partial charge in [-0.05, 0) is 25.5 Å². The van der Waals surface area contributed by atoms with Crippen molar-refractivity contribution in [2.75, 3.05) is 13.2 Å². The van der Waals surface area contributed by atoms with Gasteiger partial charge in [0.2, 0.25) is 0 Å². The van der Waals surface area contributed by atoms with E-state index >= 15 is 0 Å². The van der Waals surface area contributed by atoms with Crippen LogP contribution in [0.4, 0.5) is 0 Å². The molecule has 0 saturated heterocycles. The largest absolute Gasteiger partial charge is 0.491 e. The molecule has 0 N–H and O–H groups in total. The molecule has 1 rings (SSSR count). The fraction of sp³-hybridized carbons (Fsp3) is 0.417. The highest BCUT2D eigenvalue weighted by molar-refractivity contribution is 5.31. The minimum Gasteiger partial charge on any atom is -0.491 e. The van der Waals surface area contributed by atoms with Gasteiger partial charge in [-0.1, -0.05) is 18.2 Å². The molecule has 3 nitrogen and oxygen atoms in total. The molecule has 3 heteroatoms. The van der Waals surface area contributed by atoms with Crippen LogP contribution >= 0.6 is 0 Å². The quantitative estimate of drug-likeness (QED) is 0.693. The normalized spacial score (nSPS) is 11.8. The predicted molar refractivity (Wildman–Crippen MR) is 57.7 cm³/mol. The summed E-state index contributed by atoms with van der Waals surface area (Å²) >= 11 is 0. The average molecular weight is 205 g/mol. The van der Waals surface area contributed by atoms with Gasteiger partial charge < -0.3 is 9.47 Å². The minimum atomic E-state index is -0.370. The fourth-order valence-electron chi connectivity index (χ4n) is 1.13. The summed E-state index contributed by atoms with van der Waals surface area (Å²) in [5.74, 6) is 0.866.